The predicted molar refractivity (Wildman–Crippen MR) is 104 cm³/mol. The molecule has 0 aliphatic carbocycles. The summed E-state index contributed by atoms with van der Waals surface area (Å²) < 4.78 is 5.56. The number of amides is 3. The highest BCUT2D eigenvalue weighted by molar-refractivity contribution is 6.30. The number of carbonyl (C=O) groups is 2. The van der Waals surface area contributed by atoms with E-state index in [0.717, 1.165) is 38.8 Å². The summed E-state index contributed by atoms with van der Waals surface area (Å²) in [4.78, 5) is 29.8. The van der Waals surface area contributed by atoms with Crippen molar-refractivity contribution in [3.63, 3.8) is 0 Å². The van der Waals surface area contributed by atoms with Crippen molar-refractivity contribution in [1.82, 2.24) is 9.80 Å². The maximum absolute atomic E-state index is 13.2. The Labute approximate surface area is 164 Å². The van der Waals surface area contributed by atoms with Gasteiger partial charge in [-0.25, -0.2) is 4.79 Å². The average Bonchev–Trinajstić information content (AvgIpc) is 3.33. The van der Waals surface area contributed by atoms with Gasteiger partial charge in [-0.1, -0.05) is 11.6 Å². The zero-order valence-corrected chi connectivity index (χ0v) is 16.2. The molecule has 1 N–H and O–H groups in total. The molecule has 3 amide bonds. The lowest BCUT2D eigenvalue weighted by atomic mass is 9.71. The Morgan fingerprint density at radius 2 is 1.74 bits per heavy atom. The van der Waals surface area contributed by atoms with Crippen molar-refractivity contribution in [2.45, 2.75) is 25.7 Å². The minimum atomic E-state index is -0.157. The first-order valence-electron chi connectivity index (χ1n) is 9.75. The van der Waals surface area contributed by atoms with Gasteiger partial charge in [-0.05, 0) is 49.9 Å². The van der Waals surface area contributed by atoms with Gasteiger partial charge in [-0.2, -0.15) is 0 Å². The summed E-state index contributed by atoms with van der Waals surface area (Å²) in [5.74, 6) is 0.0895. The third-order valence-corrected chi connectivity index (χ3v) is 6.49. The van der Waals surface area contributed by atoms with Crippen LogP contribution in [0.2, 0.25) is 5.02 Å². The van der Waals surface area contributed by atoms with Crippen molar-refractivity contribution >= 4 is 29.2 Å². The number of nitrogens with one attached hydrogen (secondary N) is 1. The minimum absolute atomic E-state index is 0.129. The van der Waals surface area contributed by atoms with Crippen LogP contribution in [0.3, 0.4) is 0 Å². The maximum atomic E-state index is 13.2. The van der Waals surface area contributed by atoms with Gasteiger partial charge in [0.15, 0.2) is 0 Å². The van der Waals surface area contributed by atoms with Crippen LogP contribution in [0.1, 0.15) is 25.7 Å². The number of hydrogen-bond acceptors (Lipinski definition) is 3. The number of likely N-dealkylation sites (tertiary alicyclic amines) is 2. The molecule has 146 valence electrons. The van der Waals surface area contributed by atoms with Crippen LogP contribution < -0.4 is 5.32 Å². The summed E-state index contributed by atoms with van der Waals surface area (Å²) in [7, 11) is 0. The Hall–Kier alpha value is -1.79. The molecular formula is C20H26ClN3O3. The molecular weight excluding hydrogens is 366 g/mol. The van der Waals surface area contributed by atoms with Crippen LogP contribution in [0.25, 0.3) is 0 Å². The van der Waals surface area contributed by atoms with Gasteiger partial charge in [0.05, 0.1) is 5.92 Å². The summed E-state index contributed by atoms with van der Waals surface area (Å²) in [6.45, 7) is 4.11. The fourth-order valence-corrected chi connectivity index (χ4v) is 4.77. The van der Waals surface area contributed by atoms with Crippen LogP contribution in [0.5, 0.6) is 0 Å². The van der Waals surface area contributed by atoms with E-state index >= 15 is 0 Å². The molecule has 0 aromatic heterocycles. The number of ether oxygens (including phenoxy) is 1. The Morgan fingerprint density at radius 3 is 2.41 bits per heavy atom. The van der Waals surface area contributed by atoms with Gasteiger partial charge in [0.2, 0.25) is 5.91 Å². The summed E-state index contributed by atoms with van der Waals surface area (Å²) in [5.41, 5.74) is 0.551. The number of anilines is 1. The molecule has 3 fully saturated rings. The summed E-state index contributed by atoms with van der Waals surface area (Å²) in [6, 6.07) is 6.92. The van der Waals surface area contributed by atoms with Crippen molar-refractivity contribution in [3.8, 4) is 0 Å². The average molecular weight is 392 g/mol. The zero-order valence-electron chi connectivity index (χ0n) is 15.5. The normalized spacial score (nSPS) is 24.4. The molecule has 1 aromatic carbocycles. The molecule has 27 heavy (non-hydrogen) atoms. The summed E-state index contributed by atoms with van der Waals surface area (Å²) >= 11 is 5.91. The first kappa shape index (κ1) is 18.6. The molecule has 1 aromatic rings. The second kappa shape index (κ2) is 7.68. The molecule has 4 rings (SSSR count). The van der Waals surface area contributed by atoms with Crippen LogP contribution in [-0.2, 0) is 9.53 Å². The number of urea groups is 1. The molecule has 3 aliphatic rings. The number of nitrogens with zero attached hydrogens (tertiary/aromatic N) is 2. The standard InChI is InChI=1S/C20H26ClN3O3/c21-15-3-5-16(6-4-15)22-19(26)24-13-17(18(25)23-9-1-2-10-23)20(14-24)7-11-27-12-8-20/h3-6,17H,1-2,7-14H2,(H,22,26)/t17-/m1/s1. The molecule has 0 unspecified atom stereocenters. The number of halogens is 1. The van der Waals surface area contributed by atoms with Crippen molar-refractivity contribution in [2.75, 3.05) is 44.7 Å². The third-order valence-electron chi connectivity index (χ3n) is 6.24. The highest BCUT2D eigenvalue weighted by Gasteiger charge is 2.52. The molecule has 3 heterocycles. The minimum Gasteiger partial charge on any atom is -0.381 e. The first-order valence-corrected chi connectivity index (χ1v) is 10.1. The van der Waals surface area contributed by atoms with E-state index in [1.807, 2.05) is 4.90 Å². The lowest BCUT2D eigenvalue weighted by molar-refractivity contribution is -0.139. The van der Waals surface area contributed by atoms with E-state index in [9.17, 15) is 9.59 Å². The monoisotopic (exact) mass is 391 g/mol. The molecule has 7 heteroatoms. The zero-order chi connectivity index (χ0) is 18.9. The van der Waals surface area contributed by atoms with E-state index in [-0.39, 0.29) is 23.3 Å². The Kier molecular flexibility index (Phi) is 5.28. The third kappa shape index (κ3) is 3.78. The van der Waals surface area contributed by atoms with Crippen LogP contribution >= 0.6 is 11.6 Å². The quantitative estimate of drug-likeness (QED) is 0.841. The first-order chi connectivity index (χ1) is 13.1. The lowest BCUT2D eigenvalue weighted by Gasteiger charge is -2.38. The number of benzene rings is 1. The fourth-order valence-electron chi connectivity index (χ4n) is 4.64. The van der Waals surface area contributed by atoms with Crippen molar-refractivity contribution in [1.29, 1.82) is 0 Å². The van der Waals surface area contributed by atoms with Crippen molar-refractivity contribution in [3.05, 3.63) is 29.3 Å². The molecule has 1 atom stereocenters. The summed E-state index contributed by atoms with van der Waals surface area (Å²) in [6.07, 6.45) is 3.83. The Bertz CT molecular complexity index is 697. The van der Waals surface area contributed by atoms with Crippen LogP contribution in [0.4, 0.5) is 10.5 Å². The van der Waals surface area contributed by atoms with Gasteiger partial charge < -0.3 is 19.9 Å². The molecule has 3 saturated heterocycles. The summed E-state index contributed by atoms with van der Waals surface area (Å²) in [5, 5.41) is 3.57. The Morgan fingerprint density at radius 1 is 1.07 bits per heavy atom. The van der Waals surface area contributed by atoms with Gasteiger partial charge in [0.25, 0.3) is 0 Å². The van der Waals surface area contributed by atoms with Crippen LogP contribution in [-0.4, -0.2) is 61.1 Å². The Balaban J connectivity index is 1.50. The van der Waals surface area contributed by atoms with Gasteiger partial charge in [0, 0.05) is 55.5 Å². The second-order valence-electron chi connectivity index (χ2n) is 7.88. The smallest absolute Gasteiger partial charge is 0.321 e. The molecule has 0 radical (unpaired) electrons. The van der Waals surface area contributed by atoms with Gasteiger partial charge in [-0.3, -0.25) is 4.79 Å². The molecule has 0 bridgehead atoms. The number of carbonyl (C=O) groups excluding carboxylic acids is 2. The van der Waals surface area contributed by atoms with E-state index in [0.29, 0.717) is 37.0 Å². The van der Waals surface area contributed by atoms with Gasteiger partial charge in [-0.15, -0.1) is 0 Å². The molecule has 6 nitrogen and oxygen atoms in total. The van der Waals surface area contributed by atoms with Crippen LogP contribution in [0, 0.1) is 11.3 Å². The van der Waals surface area contributed by atoms with E-state index in [2.05, 4.69) is 5.32 Å². The SMILES string of the molecule is O=C(Nc1ccc(Cl)cc1)N1C[C@H](C(=O)N2CCCC2)C2(CCOCC2)C1. The predicted octanol–water partition coefficient (Wildman–Crippen LogP) is 3.22. The lowest BCUT2D eigenvalue weighted by Crippen LogP contribution is -2.45. The molecule has 1 spiro atoms. The number of rotatable bonds is 2. The van der Waals surface area contributed by atoms with E-state index < -0.39 is 0 Å². The van der Waals surface area contributed by atoms with Gasteiger partial charge >= 0.3 is 6.03 Å². The number of hydrogen-bond donors (Lipinski definition) is 1. The van der Waals surface area contributed by atoms with E-state index in [4.69, 9.17) is 16.3 Å². The topological polar surface area (TPSA) is 61.9 Å². The van der Waals surface area contributed by atoms with Crippen molar-refractivity contribution < 1.29 is 14.3 Å². The van der Waals surface area contributed by atoms with Crippen molar-refractivity contribution in [2.24, 2.45) is 11.3 Å². The van der Waals surface area contributed by atoms with Crippen LogP contribution in [0.15, 0.2) is 24.3 Å². The largest absolute Gasteiger partial charge is 0.381 e. The van der Waals surface area contributed by atoms with E-state index in [1.54, 1.807) is 29.2 Å². The highest BCUT2D eigenvalue weighted by atomic mass is 35.5. The molecule has 3 aliphatic heterocycles. The van der Waals surface area contributed by atoms with Gasteiger partial charge in [0.1, 0.15) is 0 Å². The maximum Gasteiger partial charge on any atom is 0.321 e. The highest BCUT2D eigenvalue weighted by Crippen LogP contribution is 2.45. The molecule has 0 saturated carbocycles. The van der Waals surface area contributed by atoms with E-state index in [1.165, 1.54) is 0 Å². The second-order valence-corrected chi connectivity index (χ2v) is 8.31. The fraction of sp³-hybridized carbons (Fsp3) is 0.600.